The Bertz CT molecular complexity index is 630. The first kappa shape index (κ1) is 15.1. The predicted octanol–water partition coefficient (Wildman–Crippen LogP) is 2.52. The Hall–Kier alpha value is -2.27. The molecule has 2 aromatic rings. The number of carbonyl (C=O) groups excluding carboxylic acids is 1. The van der Waals surface area contributed by atoms with E-state index in [9.17, 15) is 9.18 Å². The van der Waals surface area contributed by atoms with Gasteiger partial charge < -0.3 is 10.6 Å². The summed E-state index contributed by atoms with van der Waals surface area (Å²) < 4.78 is 13.4. The minimum Gasteiger partial charge on any atom is -0.330 e. The van der Waals surface area contributed by atoms with Gasteiger partial charge in [-0.1, -0.05) is 12.1 Å². The third-order valence-corrected chi connectivity index (χ3v) is 3.06. The maximum Gasteiger partial charge on any atom is 0.276 e. The van der Waals surface area contributed by atoms with E-state index in [4.69, 9.17) is 5.73 Å². The molecule has 0 aliphatic rings. The molecule has 0 saturated heterocycles. The maximum absolute atomic E-state index is 13.4. The van der Waals surface area contributed by atoms with Gasteiger partial charge in [0.15, 0.2) is 0 Å². The van der Waals surface area contributed by atoms with Crippen molar-refractivity contribution in [3.63, 3.8) is 0 Å². The quantitative estimate of drug-likeness (QED) is 0.919. The van der Waals surface area contributed by atoms with Crippen molar-refractivity contribution >= 4 is 11.6 Å². The van der Waals surface area contributed by atoms with Crippen molar-refractivity contribution in [2.45, 2.75) is 13.3 Å². The second-order valence-electron chi connectivity index (χ2n) is 4.74. The van der Waals surface area contributed by atoms with Gasteiger partial charge in [-0.15, -0.1) is 0 Å². The number of pyridine rings is 1. The summed E-state index contributed by atoms with van der Waals surface area (Å²) in [6.07, 6.45) is 0.633. The molecule has 0 saturated carbocycles. The van der Waals surface area contributed by atoms with E-state index in [1.54, 1.807) is 24.3 Å². The van der Waals surface area contributed by atoms with Crippen LogP contribution < -0.4 is 10.6 Å². The van der Waals surface area contributed by atoms with Crippen LogP contribution in [0.1, 0.15) is 22.6 Å². The van der Waals surface area contributed by atoms with Crippen molar-refractivity contribution in [1.82, 2.24) is 4.98 Å². The van der Waals surface area contributed by atoms with E-state index in [0.29, 0.717) is 30.9 Å². The molecule has 0 atom stereocenters. The van der Waals surface area contributed by atoms with E-state index >= 15 is 0 Å². The van der Waals surface area contributed by atoms with E-state index in [2.05, 4.69) is 4.98 Å². The van der Waals surface area contributed by atoms with Crippen LogP contribution in [0.5, 0.6) is 0 Å². The number of aryl methyl sites for hydroxylation is 1. The van der Waals surface area contributed by atoms with Gasteiger partial charge in [-0.05, 0) is 50.2 Å². The third kappa shape index (κ3) is 3.86. The first-order valence-corrected chi connectivity index (χ1v) is 6.83. The van der Waals surface area contributed by atoms with Gasteiger partial charge in [-0.3, -0.25) is 4.79 Å². The lowest BCUT2D eigenvalue weighted by molar-refractivity contribution is 0.0982. The zero-order chi connectivity index (χ0) is 15.2. The molecule has 21 heavy (non-hydrogen) atoms. The number of rotatable bonds is 5. The van der Waals surface area contributed by atoms with E-state index in [1.165, 1.54) is 17.0 Å². The minimum absolute atomic E-state index is 0.252. The molecule has 0 fully saturated rings. The molecule has 0 unspecified atom stereocenters. The van der Waals surface area contributed by atoms with Crippen molar-refractivity contribution in [3.05, 3.63) is 59.7 Å². The fourth-order valence-corrected chi connectivity index (χ4v) is 2.04. The van der Waals surface area contributed by atoms with E-state index in [-0.39, 0.29) is 11.7 Å². The number of carbonyl (C=O) groups is 1. The van der Waals surface area contributed by atoms with Crippen LogP contribution in [-0.4, -0.2) is 24.0 Å². The average Bonchev–Trinajstić information content (AvgIpc) is 2.47. The Labute approximate surface area is 123 Å². The lowest BCUT2D eigenvalue weighted by Crippen LogP contribution is -2.33. The molecule has 0 radical (unpaired) electrons. The zero-order valence-corrected chi connectivity index (χ0v) is 11.9. The summed E-state index contributed by atoms with van der Waals surface area (Å²) >= 11 is 0. The lowest BCUT2D eigenvalue weighted by Gasteiger charge is -2.22. The molecule has 1 heterocycles. The predicted molar refractivity (Wildman–Crippen MR) is 80.7 cm³/mol. The van der Waals surface area contributed by atoms with E-state index in [0.717, 1.165) is 5.69 Å². The lowest BCUT2D eigenvalue weighted by atomic mass is 10.2. The monoisotopic (exact) mass is 287 g/mol. The fraction of sp³-hybridized carbons (Fsp3) is 0.250. The molecular weight excluding hydrogens is 269 g/mol. The number of hydrogen-bond acceptors (Lipinski definition) is 3. The first-order valence-electron chi connectivity index (χ1n) is 6.83. The van der Waals surface area contributed by atoms with Crippen LogP contribution in [0.25, 0.3) is 0 Å². The van der Waals surface area contributed by atoms with Gasteiger partial charge in [0.05, 0.1) is 0 Å². The fourth-order valence-electron chi connectivity index (χ4n) is 2.04. The van der Waals surface area contributed by atoms with Gasteiger partial charge in [0.2, 0.25) is 0 Å². The number of halogens is 1. The number of nitrogens with two attached hydrogens (primary N) is 1. The van der Waals surface area contributed by atoms with Crippen molar-refractivity contribution in [2.75, 3.05) is 18.0 Å². The number of nitrogens with zero attached hydrogens (tertiary/aromatic N) is 2. The summed E-state index contributed by atoms with van der Waals surface area (Å²) in [5, 5.41) is 0. The molecule has 0 aliphatic carbocycles. The molecule has 2 rings (SSSR count). The normalized spacial score (nSPS) is 10.4. The van der Waals surface area contributed by atoms with Crippen LogP contribution in [0, 0.1) is 12.7 Å². The van der Waals surface area contributed by atoms with Crippen molar-refractivity contribution in [2.24, 2.45) is 5.73 Å². The van der Waals surface area contributed by atoms with Crippen LogP contribution in [0.4, 0.5) is 10.1 Å². The smallest absolute Gasteiger partial charge is 0.276 e. The van der Waals surface area contributed by atoms with E-state index < -0.39 is 0 Å². The number of benzene rings is 1. The highest BCUT2D eigenvalue weighted by molar-refractivity contribution is 6.04. The van der Waals surface area contributed by atoms with Crippen LogP contribution in [0.3, 0.4) is 0 Å². The molecule has 1 aromatic heterocycles. The molecule has 0 aliphatic heterocycles. The minimum atomic E-state index is -0.379. The Morgan fingerprint density at radius 1 is 1.29 bits per heavy atom. The van der Waals surface area contributed by atoms with E-state index in [1.807, 2.05) is 13.0 Å². The summed E-state index contributed by atoms with van der Waals surface area (Å²) in [7, 11) is 0. The highest BCUT2D eigenvalue weighted by Gasteiger charge is 2.19. The average molecular weight is 287 g/mol. The van der Waals surface area contributed by atoms with Gasteiger partial charge in [0, 0.05) is 17.9 Å². The SMILES string of the molecule is Cc1cccc(C(=O)N(CCCN)c2cccc(F)c2)n1. The standard InChI is InChI=1S/C16H18FN3O/c1-12-5-2-8-15(19-12)16(21)20(10-4-9-18)14-7-3-6-13(17)11-14/h2-3,5-8,11H,4,9-10,18H2,1H3. The van der Waals surface area contributed by atoms with Crippen molar-refractivity contribution in [1.29, 1.82) is 0 Å². The highest BCUT2D eigenvalue weighted by atomic mass is 19.1. The van der Waals surface area contributed by atoms with Gasteiger partial charge in [-0.2, -0.15) is 0 Å². The van der Waals surface area contributed by atoms with Crippen LogP contribution in [0.2, 0.25) is 0 Å². The van der Waals surface area contributed by atoms with Crippen LogP contribution in [-0.2, 0) is 0 Å². The zero-order valence-electron chi connectivity index (χ0n) is 11.9. The Balaban J connectivity index is 2.33. The van der Waals surface area contributed by atoms with Gasteiger partial charge in [0.25, 0.3) is 5.91 Å². The number of amides is 1. The number of anilines is 1. The summed E-state index contributed by atoms with van der Waals surface area (Å²) in [6.45, 7) is 2.71. The molecule has 1 amide bonds. The molecule has 0 spiro atoms. The second kappa shape index (κ2) is 6.95. The topological polar surface area (TPSA) is 59.2 Å². The largest absolute Gasteiger partial charge is 0.330 e. The molecule has 4 nitrogen and oxygen atoms in total. The molecule has 2 N–H and O–H groups in total. The molecule has 0 bridgehead atoms. The highest BCUT2D eigenvalue weighted by Crippen LogP contribution is 2.18. The van der Waals surface area contributed by atoms with Gasteiger partial charge in [-0.25, -0.2) is 9.37 Å². The Kier molecular flexibility index (Phi) is 5.00. The maximum atomic E-state index is 13.4. The van der Waals surface area contributed by atoms with Crippen molar-refractivity contribution in [3.8, 4) is 0 Å². The Morgan fingerprint density at radius 3 is 2.71 bits per heavy atom. The molecule has 1 aromatic carbocycles. The molecular formula is C16H18FN3O. The molecule has 110 valence electrons. The summed E-state index contributed by atoms with van der Waals surface area (Å²) in [5.74, 6) is -0.631. The van der Waals surface area contributed by atoms with Crippen LogP contribution >= 0.6 is 0 Å². The summed E-state index contributed by atoms with van der Waals surface area (Å²) in [6, 6.07) is 11.2. The van der Waals surface area contributed by atoms with Gasteiger partial charge in [0.1, 0.15) is 11.5 Å². The van der Waals surface area contributed by atoms with Crippen LogP contribution in [0.15, 0.2) is 42.5 Å². The first-order chi connectivity index (χ1) is 10.1. The number of aromatic nitrogens is 1. The third-order valence-electron chi connectivity index (χ3n) is 3.06. The Morgan fingerprint density at radius 2 is 2.05 bits per heavy atom. The summed E-state index contributed by atoms with van der Waals surface area (Å²) in [5.41, 5.74) is 7.14. The second-order valence-corrected chi connectivity index (χ2v) is 4.74. The number of hydrogen-bond donors (Lipinski definition) is 1. The van der Waals surface area contributed by atoms with Gasteiger partial charge >= 0.3 is 0 Å². The molecule has 5 heteroatoms. The van der Waals surface area contributed by atoms with Crippen molar-refractivity contribution < 1.29 is 9.18 Å². The summed E-state index contributed by atoms with van der Waals surface area (Å²) in [4.78, 5) is 18.4.